The molecule has 30 heavy (non-hydrogen) atoms. The van der Waals surface area contributed by atoms with E-state index in [9.17, 15) is 10.1 Å². The smallest absolute Gasteiger partial charge is 0.289 e. The largest absolute Gasteiger partial charge is 0.497 e. The number of carbonyl (C=O) groups is 1. The molecule has 1 amide bonds. The van der Waals surface area contributed by atoms with Gasteiger partial charge in [-0.15, -0.1) is 0 Å². The van der Waals surface area contributed by atoms with E-state index in [1.54, 1.807) is 30.2 Å². The SMILES string of the molecule is COc1ccc(/C=C/c2nc(C#N)c(N3CCN(C(=O)c4ccco4)CC3)o2)cc1. The van der Waals surface area contributed by atoms with E-state index >= 15 is 0 Å². The van der Waals surface area contributed by atoms with Crippen molar-refractivity contribution in [1.29, 1.82) is 5.26 Å². The first-order chi connectivity index (χ1) is 14.7. The van der Waals surface area contributed by atoms with E-state index in [4.69, 9.17) is 13.6 Å². The van der Waals surface area contributed by atoms with Crippen LogP contribution in [-0.2, 0) is 0 Å². The van der Waals surface area contributed by atoms with Gasteiger partial charge < -0.3 is 23.4 Å². The summed E-state index contributed by atoms with van der Waals surface area (Å²) in [6.07, 6.45) is 5.07. The van der Waals surface area contributed by atoms with Crippen LogP contribution < -0.4 is 9.64 Å². The average molecular weight is 404 g/mol. The first-order valence-corrected chi connectivity index (χ1v) is 9.48. The van der Waals surface area contributed by atoms with Crippen LogP contribution in [0, 0.1) is 11.3 Å². The Balaban J connectivity index is 1.43. The summed E-state index contributed by atoms with van der Waals surface area (Å²) in [7, 11) is 1.62. The second-order valence-corrected chi connectivity index (χ2v) is 6.68. The van der Waals surface area contributed by atoms with Gasteiger partial charge in [0.2, 0.25) is 17.5 Å². The van der Waals surface area contributed by atoms with E-state index in [1.165, 1.54) is 6.26 Å². The third kappa shape index (κ3) is 4.05. The maximum absolute atomic E-state index is 12.4. The van der Waals surface area contributed by atoms with Crippen molar-refractivity contribution in [3.63, 3.8) is 0 Å². The number of rotatable bonds is 5. The molecule has 152 valence electrons. The highest BCUT2D eigenvalue weighted by atomic mass is 16.5. The van der Waals surface area contributed by atoms with Crippen molar-refractivity contribution in [2.75, 3.05) is 38.2 Å². The lowest BCUT2D eigenvalue weighted by Crippen LogP contribution is -2.48. The molecule has 1 fully saturated rings. The molecule has 1 saturated heterocycles. The van der Waals surface area contributed by atoms with Crippen LogP contribution in [0.4, 0.5) is 5.88 Å². The van der Waals surface area contributed by atoms with E-state index in [0.717, 1.165) is 11.3 Å². The van der Waals surface area contributed by atoms with Gasteiger partial charge in [-0.3, -0.25) is 4.79 Å². The summed E-state index contributed by atoms with van der Waals surface area (Å²) in [6, 6.07) is 13.0. The molecule has 1 aromatic carbocycles. The Morgan fingerprint density at radius 2 is 1.93 bits per heavy atom. The third-order valence-electron chi connectivity index (χ3n) is 4.85. The lowest BCUT2D eigenvalue weighted by molar-refractivity contribution is 0.0713. The van der Waals surface area contributed by atoms with Crippen LogP contribution in [0.15, 0.2) is 51.5 Å². The second kappa shape index (κ2) is 8.57. The summed E-state index contributed by atoms with van der Waals surface area (Å²) in [5.74, 6) is 1.75. The summed E-state index contributed by atoms with van der Waals surface area (Å²) in [4.78, 5) is 20.3. The molecule has 1 aliphatic heterocycles. The van der Waals surface area contributed by atoms with Crippen molar-refractivity contribution >= 4 is 23.9 Å². The molecule has 0 spiro atoms. The maximum Gasteiger partial charge on any atom is 0.289 e. The fourth-order valence-corrected chi connectivity index (χ4v) is 3.24. The highest BCUT2D eigenvalue weighted by Gasteiger charge is 2.27. The molecule has 4 rings (SSSR count). The number of furan rings is 1. The van der Waals surface area contributed by atoms with Crippen molar-refractivity contribution in [2.24, 2.45) is 0 Å². The van der Waals surface area contributed by atoms with Crippen molar-refractivity contribution < 1.29 is 18.4 Å². The van der Waals surface area contributed by atoms with Gasteiger partial charge in [0.25, 0.3) is 5.91 Å². The fraction of sp³-hybridized carbons (Fsp3) is 0.227. The number of piperazine rings is 1. The fourth-order valence-electron chi connectivity index (χ4n) is 3.24. The normalized spacial score (nSPS) is 14.1. The number of ether oxygens (including phenoxy) is 1. The van der Waals surface area contributed by atoms with Gasteiger partial charge in [-0.1, -0.05) is 12.1 Å². The molecule has 0 unspecified atom stereocenters. The zero-order valence-corrected chi connectivity index (χ0v) is 16.4. The minimum atomic E-state index is -0.138. The van der Waals surface area contributed by atoms with Gasteiger partial charge in [0.05, 0.1) is 13.4 Å². The molecule has 0 radical (unpaired) electrons. The van der Waals surface area contributed by atoms with E-state index < -0.39 is 0 Å². The minimum Gasteiger partial charge on any atom is -0.497 e. The van der Waals surface area contributed by atoms with Crippen LogP contribution in [0.3, 0.4) is 0 Å². The Hall–Kier alpha value is -3.99. The third-order valence-corrected chi connectivity index (χ3v) is 4.85. The lowest BCUT2D eigenvalue weighted by atomic mass is 10.2. The zero-order chi connectivity index (χ0) is 20.9. The first kappa shape index (κ1) is 19.3. The van der Waals surface area contributed by atoms with Crippen molar-refractivity contribution in [3.05, 3.63) is 65.6 Å². The predicted octanol–water partition coefficient (Wildman–Crippen LogP) is 3.28. The molecule has 8 nitrogen and oxygen atoms in total. The number of aromatic nitrogens is 1. The lowest BCUT2D eigenvalue weighted by Gasteiger charge is -2.34. The molecule has 0 atom stereocenters. The number of hydrogen-bond acceptors (Lipinski definition) is 7. The Bertz CT molecular complexity index is 1070. The molecule has 8 heteroatoms. The number of anilines is 1. The summed E-state index contributed by atoms with van der Waals surface area (Å²) >= 11 is 0. The predicted molar refractivity (Wildman–Crippen MR) is 110 cm³/mol. The van der Waals surface area contributed by atoms with Crippen LogP contribution in [0.5, 0.6) is 5.75 Å². The highest BCUT2D eigenvalue weighted by molar-refractivity contribution is 5.91. The molecule has 0 saturated carbocycles. The zero-order valence-electron chi connectivity index (χ0n) is 16.4. The van der Waals surface area contributed by atoms with Crippen LogP contribution in [-0.4, -0.2) is 49.1 Å². The van der Waals surface area contributed by atoms with Crippen LogP contribution in [0.2, 0.25) is 0 Å². The first-order valence-electron chi connectivity index (χ1n) is 9.48. The monoisotopic (exact) mass is 404 g/mol. The number of amides is 1. The molecule has 2 aromatic heterocycles. The number of carbonyl (C=O) groups excluding carboxylic acids is 1. The van der Waals surface area contributed by atoms with Gasteiger partial charge in [-0.2, -0.15) is 10.2 Å². The molecular weight excluding hydrogens is 384 g/mol. The molecule has 0 N–H and O–H groups in total. The highest BCUT2D eigenvalue weighted by Crippen LogP contribution is 2.25. The molecular formula is C22H20N4O4. The molecule has 3 aromatic rings. The number of oxazole rings is 1. The van der Waals surface area contributed by atoms with Gasteiger partial charge in [0.1, 0.15) is 11.8 Å². The number of benzene rings is 1. The van der Waals surface area contributed by atoms with Crippen LogP contribution in [0.25, 0.3) is 12.2 Å². The van der Waals surface area contributed by atoms with E-state index in [0.29, 0.717) is 43.7 Å². The number of nitrogens with zero attached hydrogens (tertiary/aromatic N) is 4. The van der Waals surface area contributed by atoms with Crippen LogP contribution >= 0.6 is 0 Å². The van der Waals surface area contributed by atoms with Crippen molar-refractivity contribution in [1.82, 2.24) is 9.88 Å². The van der Waals surface area contributed by atoms with Crippen LogP contribution in [0.1, 0.15) is 27.7 Å². The van der Waals surface area contributed by atoms with E-state index in [2.05, 4.69) is 11.1 Å². The Morgan fingerprint density at radius 3 is 2.57 bits per heavy atom. The van der Waals surface area contributed by atoms with Crippen molar-refractivity contribution in [2.45, 2.75) is 0 Å². The van der Waals surface area contributed by atoms with Gasteiger partial charge in [0.15, 0.2) is 5.76 Å². The summed E-state index contributed by atoms with van der Waals surface area (Å²) in [5.41, 5.74) is 1.19. The molecule has 0 aliphatic carbocycles. The summed E-state index contributed by atoms with van der Waals surface area (Å²) in [6.45, 7) is 2.08. The van der Waals surface area contributed by atoms with Gasteiger partial charge >= 0.3 is 0 Å². The van der Waals surface area contributed by atoms with E-state index in [1.807, 2.05) is 35.2 Å². The Morgan fingerprint density at radius 1 is 1.17 bits per heavy atom. The number of methoxy groups -OCH3 is 1. The maximum atomic E-state index is 12.4. The van der Waals surface area contributed by atoms with Gasteiger partial charge in [0, 0.05) is 32.3 Å². The van der Waals surface area contributed by atoms with E-state index in [-0.39, 0.29) is 11.6 Å². The Kier molecular flexibility index (Phi) is 5.52. The summed E-state index contributed by atoms with van der Waals surface area (Å²) < 4.78 is 16.2. The topological polar surface area (TPSA) is 95.7 Å². The molecule has 0 bridgehead atoms. The van der Waals surface area contributed by atoms with Gasteiger partial charge in [-0.25, -0.2) is 0 Å². The molecule has 1 aliphatic rings. The average Bonchev–Trinajstić information content (AvgIpc) is 3.48. The number of hydrogen-bond donors (Lipinski definition) is 0. The quantitative estimate of drug-likeness (QED) is 0.644. The molecule has 3 heterocycles. The minimum absolute atomic E-state index is 0.138. The Labute approximate surface area is 173 Å². The van der Waals surface area contributed by atoms with Crippen molar-refractivity contribution in [3.8, 4) is 11.8 Å². The van der Waals surface area contributed by atoms with Gasteiger partial charge in [-0.05, 0) is 35.9 Å². The summed E-state index contributed by atoms with van der Waals surface area (Å²) in [5, 5.41) is 9.46. The number of nitriles is 1. The standard InChI is InChI=1S/C22H20N4O4/c1-28-17-7-4-16(5-8-17)6-9-20-24-18(15-23)22(30-20)26-12-10-25(11-13-26)21(27)19-3-2-14-29-19/h2-9,14H,10-13H2,1H3/b9-6+. The second-order valence-electron chi connectivity index (χ2n) is 6.68.